The van der Waals surface area contributed by atoms with E-state index in [0.717, 1.165) is 6.29 Å². The summed E-state index contributed by atoms with van der Waals surface area (Å²) < 4.78 is 0. The zero-order chi connectivity index (χ0) is 8.27. The van der Waals surface area contributed by atoms with Gasteiger partial charge >= 0.3 is 0 Å². The second kappa shape index (κ2) is 3.51. The van der Waals surface area contributed by atoms with Gasteiger partial charge in [0, 0.05) is 11.9 Å². The minimum Gasteiger partial charge on any atom is -0.550 e. The maximum Gasteiger partial charge on any atom is 0.123 e. The first kappa shape index (κ1) is 8.24. The summed E-state index contributed by atoms with van der Waals surface area (Å²) >= 11 is 0. The third kappa shape index (κ3) is 2.03. The largest absolute Gasteiger partial charge is 0.550 e. The summed E-state index contributed by atoms with van der Waals surface area (Å²) in [5.74, 6) is -1.19. The summed E-state index contributed by atoms with van der Waals surface area (Å²) in [6.45, 7) is 0. The molecule has 0 N–H and O–H groups in total. The molecule has 1 aliphatic carbocycles. The smallest absolute Gasteiger partial charge is 0.123 e. The Morgan fingerprint density at radius 1 is 1.27 bits per heavy atom. The minimum atomic E-state index is -0.964. The maximum absolute atomic E-state index is 10.3. The number of aldehydes is 1. The molecule has 0 aromatic rings. The number of carbonyl (C=O) groups excluding carboxylic acids is 2. The van der Waals surface area contributed by atoms with Crippen LogP contribution in [0.5, 0.6) is 0 Å². The highest BCUT2D eigenvalue weighted by molar-refractivity contribution is 5.68. The number of hydrogen-bond acceptors (Lipinski definition) is 3. The van der Waals surface area contributed by atoms with Gasteiger partial charge in [0.15, 0.2) is 0 Å². The second-order valence-corrected chi connectivity index (χ2v) is 3.07. The normalized spacial score (nSPS) is 31.3. The van der Waals surface area contributed by atoms with Crippen molar-refractivity contribution in [2.24, 2.45) is 11.8 Å². The second-order valence-electron chi connectivity index (χ2n) is 3.07. The van der Waals surface area contributed by atoms with Crippen LogP contribution in [0.25, 0.3) is 0 Å². The van der Waals surface area contributed by atoms with Crippen molar-refractivity contribution in [1.82, 2.24) is 0 Å². The van der Waals surface area contributed by atoms with Crippen molar-refractivity contribution in [2.45, 2.75) is 25.7 Å². The van der Waals surface area contributed by atoms with E-state index < -0.39 is 5.97 Å². The third-order valence-corrected chi connectivity index (χ3v) is 2.30. The topological polar surface area (TPSA) is 57.2 Å². The van der Waals surface area contributed by atoms with Crippen LogP contribution >= 0.6 is 0 Å². The fourth-order valence-corrected chi connectivity index (χ4v) is 1.49. The highest BCUT2D eigenvalue weighted by atomic mass is 16.4. The highest BCUT2D eigenvalue weighted by Crippen LogP contribution is 2.26. The van der Waals surface area contributed by atoms with E-state index in [0.29, 0.717) is 25.7 Å². The maximum atomic E-state index is 10.3. The zero-order valence-electron chi connectivity index (χ0n) is 6.29. The average Bonchev–Trinajstić information content (AvgIpc) is 2.05. The van der Waals surface area contributed by atoms with Crippen LogP contribution in [-0.4, -0.2) is 12.3 Å². The number of rotatable bonds is 2. The van der Waals surface area contributed by atoms with E-state index >= 15 is 0 Å². The van der Waals surface area contributed by atoms with Crippen LogP contribution in [0.4, 0.5) is 0 Å². The minimum absolute atomic E-state index is 0.0885. The fraction of sp³-hybridized carbons (Fsp3) is 0.750. The van der Waals surface area contributed by atoms with Crippen LogP contribution in [-0.2, 0) is 9.59 Å². The Balaban J connectivity index is 2.35. The van der Waals surface area contributed by atoms with Crippen LogP contribution in [0.1, 0.15) is 25.7 Å². The van der Waals surface area contributed by atoms with Crippen molar-refractivity contribution in [3.8, 4) is 0 Å². The van der Waals surface area contributed by atoms with E-state index in [1.807, 2.05) is 0 Å². The van der Waals surface area contributed by atoms with Gasteiger partial charge in [-0.2, -0.15) is 0 Å². The Morgan fingerprint density at radius 3 is 2.18 bits per heavy atom. The number of aliphatic carboxylic acids is 1. The Labute approximate surface area is 65.4 Å². The van der Waals surface area contributed by atoms with Gasteiger partial charge in [-0.1, -0.05) is 0 Å². The highest BCUT2D eigenvalue weighted by Gasteiger charge is 2.20. The van der Waals surface area contributed by atoms with Crippen molar-refractivity contribution in [3.63, 3.8) is 0 Å². The van der Waals surface area contributed by atoms with Crippen molar-refractivity contribution < 1.29 is 14.7 Å². The fourth-order valence-electron chi connectivity index (χ4n) is 1.49. The number of carboxylic acid groups (broad SMARTS) is 1. The van der Waals surface area contributed by atoms with Gasteiger partial charge < -0.3 is 14.7 Å². The molecule has 0 amide bonds. The van der Waals surface area contributed by atoms with E-state index in [1.54, 1.807) is 0 Å². The predicted molar refractivity (Wildman–Crippen MR) is 36.5 cm³/mol. The molecule has 1 aliphatic rings. The lowest BCUT2D eigenvalue weighted by molar-refractivity contribution is -0.312. The van der Waals surface area contributed by atoms with Gasteiger partial charge in [-0.15, -0.1) is 0 Å². The molecule has 0 saturated heterocycles. The van der Waals surface area contributed by atoms with Crippen molar-refractivity contribution in [1.29, 1.82) is 0 Å². The lowest BCUT2D eigenvalue weighted by atomic mass is 9.83. The summed E-state index contributed by atoms with van der Waals surface area (Å²) in [7, 11) is 0. The van der Waals surface area contributed by atoms with E-state index in [2.05, 4.69) is 0 Å². The molecule has 0 unspecified atom stereocenters. The van der Waals surface area contributed by atoms with Crippen LogP contribution in [0.2, 0.25) is 0 Å². The van der Waals surface area contributed by atoms with Gasteiger partial charge in [0.05, 0.1) is 0 Å². The summed E-state index contributed by atoms with van der Waals surface area (Å²) in [5.41, 5.74) is 0. The molecule has 1 fully saturated rings. The molecule has 1 saturated carbocycles. The molecule has 0 aromatic heterocycles. The quantitative estimate of drug-likeness (QED) is 0.516. The molecule has 11 heavy (non-hydrogen) atoms. The summed E-state index contributed by atoms with van der Waals surface area (Å²) in [6, 6.07) is 0. The third-order valence-electron chi connectivity index (χ3n) is 2.30. The number of hydrogen-bond donors (Lipinski definition) is 0. The van der Waals surface area contributed by atoms with Gasteiger partial charge in [-0.3, -0.25) is 0 Å². The van der Waals surface area contributed by atoms with Crippen molar-refractivity contribution in [3.05, 3.63) is 0 Å². The van der Waals surface area contributed by atoms with E-state index in [1.165, 1.54) is 0 Å². The summed E-state index contributed by atoms with van der Waals surface area (Å²) in [5, 5.41) is 10.3. The van der Waals surface area contributed by atoms with Crippen LogP contribution in [0.3, 0.4) is 0 Å². The van der Waals surface area contributed by atoms with E-state index in [4.69, 9.17) is 0 Å². The van der Waals surface area contributed by atoms with Gasteiger partial charge in [0.1, 0.15) is 6.29 Å². The molecule has 0 radical (unpaired) electrons. The Bertz CT molecular complexity index is 157. The van der Waals surface area contributed by atoms with Gasteiger partial charge in [-0.05, 0) is 31.6 Å². The molecule has 0 spiro atoms. The molecular formula is C8H11O3-. The first-order valence-electron chi connectivity index (χ1n) is 3.90. The Kier molecular flexibility index (Phi) is 2.63. The van der Waals surface area contributed by atoms with E-state index in [9.17, 15) is 14.7 Å². The lowest BCUT2D eigenvalue weighted by Gasteiger charge is -2.25. The Morgan fingerprint density at radius 2 is 1.82 bits per heavy atom. The lowest BCUT2D eigenvalue weighted by Crippen LogP contribution is -2.34. The summed E-state index contributed by atoms with van der Waals surface area (Å²) in [6.07, 6.45) is 3.55. The zero-order valence-corrected chi connectivity index (χ0v) is 6.29. The average molecular weight is 155 g/mol. The summed E-state index contributed by atoms with van der Waals surface area (Å²) in [4.78, 5) is 20.6. The van der Waals surface area contributed by atoms with Gasteiger partial charge in [-0.25, -0.2) is 0 Å². The standard InChI is InChI=1S/C8H12O3/c9-5-6-1-3-7(4-2-6)8(10)11/h5-7H,1-4H2,(H,10,11)/p-1. The first-order chi connectivity index (χ1) is 5.24. The molecule has 3 heteroatoms. The molecule has 3 nitrogen and oxygen atoms in total. The first-order valence-corrected chi connectivity index (χ1v) is 3.90. The van der Waals surface area contributed by atoms with Crippen LogP contribution in [0.15, 0.2) is 0 Å². The van der Waals surface area contributed by atoms with Crippen molar-refractivity contribution >= 4 is 12.3 Å². The predicted octanol–water partition coefficient (Wildman–Crippen LogP) is -0.258. The number of carboxylic acids is 1. The van der Waals surface area contributed by atoms with Crippen LogP contribution in [0, 0.1) is 11.8 Å². The molecule has 0 aliphatic heterocycles. The van der Waals surface area contributed by atoms with Gasteiger partial charge in [0.2, 0.25) is 0 Å². The van der Waals surface area contributed by atoms with Gasteiger partial charge in [0.25, 0.3) is 0 Å². The SMILES string of the molecule is O=CC1CCC(C(=O)[O-])CC1. The molecule has 0 heterocycles. The molecule has 0 atom stereocenters. The molecule has 1 rings (SSSR count). The molecule has 62 valence electrons. The monoisotopic (exact) mass is 155 g/mol. The van der Waals surface area contributed by atoms with Crippen LogP contribution < -0.4 is 5.11 Å². The number of carbonyl (C=O) groups is 2. The molecule has 0 bridgehead atoms. The van der Waals surface area contributed by atoms with E-state index in [-0.39, 0.29) is 11.8 Å². The van der Waals surface area contributed by atoms with Crippen molar-refractivity contribution in [2.75, 3.05) is 0 Å². The molecule has 0 aromatic carbocycles. The molecular weight excluding hydrogens is 144 g/mol. The Hall–Kier alpha value is -0.860.